The number of amides is 1. The molecule has 2 unspecified atom stereocenters. The zero-order chi connectivity index (χ0) is 16.9. The number of para-hydroxylation sites is 2. The minimum Gasteiger partial charge on any atom is -0.486 e. The van der Waals surface area contributed by atoms with E-state index in [1.165, 1.54) is 18.2 Å². The predicted molar refractivity (Wildman–Crippen MR) is 88.6 cm³/mol. The van der Waals surface area contributed by atoms with Gasteiger partial charge in [0.05, 0.1) is 6.04 Å². The summed E-state index contributed by atoms with van der Waals surface area (Å²) < 4.78 is 24.8. The van der Waals surface area contributed by atoms with Crippen LogP contribution in [0.4, 0.5) is 4.39 Å². The van der Waals surface area contributed by atoms with Gasteiger partial charge in [-0.05, 0) is 42.3 Å². The molecular weight excluding hydrogens is 309 g/mol. The third kappa shape index (κ3) is 3.74. The lowest BCUT2D eigenvalue weighted by Gasteiger charge is -2.32. The Labute approximate surface area is 139 Å². The first-order valence-electron chi connectivity index (χ1n) is 7.71. The topological polar surface area (TPSA) is 47.6 Å². The van der Waals surface area contributed by atoms with Crippen molar-refractivity contribution in [1.29, 1.82) is 0 Å². The number of hydrogen-bond acceptors (Lipinski definition) is 3. The number of carbonyl (C=O) groups is 1. The van der Waals surface area contributed by atoms with Gasteiger partial charge in [0, 0.05) is 0 Å². The Kier molecular flexibility index (Phi) is 4.79. The highest BCUT2D eigenvalue weighted by atomic mass is 19.1. The maximum Gasteiger partial charge on any atom is 0.243 e. The molecule has 3 rings (SSSR count). The number of halogens is 1. The zero-order valence-corrected chi connectivity index (χ0v) is 13.1. The van der Waals surface area contributed by atoms with E-state index in [0.717, 1.165) is 5.56 Å². The second-order valence-electron chi connectivity index (χ2n) is 5.56. The molecule has 0 spiro atoms. The van der Waals surface area contributed by atoms with E-state index in [9.17, 15) is 9.18 Å². The molecule has 1 aliphatic heterocycles. The van der Waals surface area contributed by atoms with Crippen LogP contribution in [0.1, 0.15) is 5.56 Å². The lowest BCUT2D eigenvalue weighted by Crippen LogP contribution is -2.50. The largest absolute Gasteiger partial charge is 0.486 e. The summed E-state index contributed by atoms with van der Waals surface area (Å²) >= 11 is 0. The van der Waals surface area contributed by atoms with Crippen LogP contribution in [0.3, 0.4) is 0 Å². The second-order valence-corrected chi connectivity index (χ2v) is 5.56. The molecule has 124 valence electrons. The van der Waals surface area contributed by atoms with Gasteiger partial charge in [0.1, 0.15) is 12.4 Å². The van der Waals surface area contributed by atoms with Gasteiger partial charge in [0.15, 0.2) is 17.6 Å². The lowest BCUT2D eigenvalue weighted by atomic mass is 10.0. The van der Waals surface area contributed by atoms with Gasteiger partial charge >= 0.3 is 0 Å². The molecule has 0 bridgehead atoms. The van der Waals surface area contributed by atoms with Crippen LogP contribution in [0.15, 0.2) is 61.2 Å². The van der Waals surface area contributed by atoms with Crippen molar-refractivity contribution in [3.63, 3.8) is 0 Å². The van der Waals surface area contributed by atoms with E-state index in [0.29, 0.717) is 24.5 Å². The minimum atomic E-state index is -0.353. The standard InChI is InChI=1S/C19H18FNO3/c1-2-19(22)21-15(11-13-7-9-14(20)10-8-13)18-12-23-16-5-3-4-6-17(16)24-18/h2-10,15,18H,1,11-12H2,(H,21,22). The number of fused-ring (bicyclic) bond motifs is 1. The smallest absolute Gasteiger partial charge is 0.243 e. The summed E-state index contributed by atoms with van der Waals surface area (Å²) in [7, 11) is 0. The van der Waals surface area contributed by atoms with E-state index in [-0.39, 0.29) is 23.9 Å². The van der Waals surface area contributed by atoms with Crippen LogP contribution >= 0.6 is 0 Å². The molecule has 4 nitrogen and oxygen atoms in total. The van der Waals surface area contributed by atoms with Crippen LogP contribution in [-0.2, 0) is 11.2 Å². The Bertz CT molecular complexity index is 730. The van der Waals surface area contributed by atoms with Crippen molar-refractivity contribution < 1.29 is 18.7 Å². The summed E-state index contributed by atoms with van der Waals surface area (Å²) in [4.78, 5) is 11.8. The lowest BCUT2D eigenvalue weighted by molar-refractivity contribution is -0.118. The Morgan fingerprint density at radius 1 is 1.25 bits per heavy atom. The monoisotopic (exact) mass is 327 g/mol. The average Bonchev–Trinajstić information content (AvgIpc) is 2.62. The number of rotatable bonds is 5. The molecule has 0 saturated heterocycles. The quantitative estimate of drug-likeness (QED) is 0.859. The SMILES string of the molecule is C=CC(=O)NC(Cc1ccc(F)cc1)C1COc2ccccc2O1. The van der Waals surface area contributed by atoms with Crippen molar-refractivity contribution in [3.8, 4) is 11.5 Å². The molecule has 0 aromatic heterocycles. The van der Waals surface area contributed by atoms with Crippen molar-refractivity contribution in [2.24, 2.45) is 0 Å². The molecule has 2 aromatic rings. The van der Waals surface area contributed by atoms with E-state index < -0.39 is 0 Å². The van der Waals surface area contributed by atoms with E-state index in [1.54, 1.807) is 12.1 Å². The van der Waals surface area contributed by atoms with Gasteiger partial charge in [-0.15, -0.1) is 0 Å². The first kappa shape index (κ1) is 16.1. The molecule has 2 aromatic carbocycles. The maximum absolute atomic E-state index is 13.1. The van der Waals surface area contributed by atoms with Crippen molar-refractivity contribution in [3.05, 3.63) is 72.6 Å². The zero-order valence-electron chi connectivity index (χ0n) is 13.1. The van der Waals surface area contributed by atoms with Gasteiger partial charge in [-0.3, -0.25) is 4.79 Å². The molecule has 1 amide bonds. The van der Waals surface area contributed by atoms with E-state index in [4.69, 9.17) is 9.47 Å². The summed E-state index contributed by atoms with van der Waals surface area (Å²) in [5.74, 6) is 0.746. The molecule has 2 atom stereocenters. The van der Waals surface area contributed by atoms with Crippen molar-refractivity contribution in [2.45, 2.75) is 18.6 Å². The predicted octanol–water partition coefficient (Wildman–Crippen LogP) is 2.88. The number of carbonyl (C=O) groups excluding carboxylic acids is 1. The van der Waals surface area contributed by atoms with Crippen LogP contribution < -0.4 is 14.8 Å². The normalized spacial score (nSPS) is 17.0. The van der Waals surface area contributed by atoms with Gasteiger partial charge in [0.25, 0.3) is 0 Å². The third-order valence-electron chi connectivity index (χ3n) is 3.86. The first-order chi connectivity index (χ1) is 11.7. The molecule has 1 aliphatic rings. The van der Waals surface area contributed by atoms with Gasteiger partial charge in [0.2, 0.25) is 5.91 Å². The number of ether oxygens (including phenoxy) is 2. The van der Waals surface area contributed by atoms with Gasteiger partial charge in [-0.25, -0.2) is 4.39 Å². The highest BCUT2D eigenvalue weighted by Gasteiger charge is 2.30. The highest BCUT2D eigenvalue weighted by molar-refractivity contribution is 5.87. The Morgan fingerprint density at radius 2 is 1.96 bits per heavy atom. The Morgan fingerprint density at radius 3 is 2.67 bits per heavy atom. The van der Waals surface area contributed by atoms with Crippen LogP contribution in [0.25, 0.3) is 0 Å². The molecule has 1 heterocycles. The van der Waals surface area contributed by atoms with Crippen LogP contribution in [0.2, 0.25) is 0 Å². The van der Waals surface area contributed by atoms with Crippen LogP contribution in [0, 0.1) is 5.82 Å². The molecule has 0 saturated carbocycles. The molecule has 1 N–H and O–H groups in total. The maximum atomic E-state index is 13.1. The number of hydrogen-bond donors (Lipinski definition) is 1. The minimum absolute atomic E-state index is 0.287. The van der Waals surface area contributed by atoms with Gasteiger partial charge in [-0.1, -0.05) is 30.8 Å². The van der Waals surface area contributed by atoms with Gasteiger partial charge in [-0.2, -0.15) is 0 Å². The molecule has 0 radical (unpaired) electrons. The van der Waals surface area contributed by atoms with E-state index in [1.807, 2.05) is 24.3 Å². The molecule has 5 heteroatoms. The fraction of sp³-hybridized carbons (Fsp3) is 0.211. The molecular formula is C19H18FNO3. The highest BCUT2D eigenvalue weighted by Crippen LogP contribution is 2.32. The summed E-state index contributed by atoms with van der Waals surface area (Å²) in [6, 6.07) is 13.3. The summed E-state index contributed by atoms with van der Waals surface area (Å²) in [5.41, 5.74) is 0.897. The van der Waals surface area contributed by atoms with Crippen molar-refractivity contribution in [1.82, 2.24) is 5.32 Å². The fourth-order valence-corrected chi connectivity index (χ4v) is 2.63. The van der Waals surface area contributed by atoms with E-state index in [2.05, 4.69) is 11.9 Å². The second kappa shape index (κ2) is 7.17. The number of nitrogens with one attached hydrogen (secondary N) is 1. The molecule has 0 aliphatic carbocycles. The first-order valence-corrected chi connectivity index (χ1v) is 7.71. The summed E-state index contributed by atoms with van der Waals surface area (Å²) in [6.07, 6.45) is 1.36. The third-order valence-corrected chi connectivity index (χ3v) is 3.86. The van der Waals surface area contributed by atoms with Crippen molar-refractivity contribution in [2.75, 3.05) is 6.61 Å². The van der Waals surface area contributed by atoms with Gasteiger partial charge < -0.3 is 14.8 Å². The summed E-state index contributed by atoms with van der Waals surface area (Å²) in [5, 5.41) is 2.87. The Hall–Kier alpha value is -2.82. The van der Waals surface area contributed by atoms with Crippen LogP contribution in [0.5, 0.6) is 11.5 Å². The van der Waals surface area contributed by atoms with Crippen LogP contribution in [-0.4, -0.2) is 24.7 Å². The molecule has 24 heavy (non-hydrogen) atoms. The number of benzene rings is 2. The molecule has 0 fully saturated rings. The average molecular weight is 327 g/mol. The fourth-order valence-electron chi connectivity index (χ4n) is 2.63. The van der Waals surface area contributed by atoms with Crippen molar-refractivity contribution >= 4 is 5.91 Å². The Balaban J connectivity index is 1.78. The summed E-state index contributed by atoms with van der Waals surface area (Å²) in [6.45, 7) is 3.80. The van der Waals surface area contributed by atoms with E-state index >= 15 is 0 Å².